The van der Waals surface area contributed by atoms with Crippen LogP contribution < -0.4 is 0 Å². The lowest BCUT2D eigenvalue weighted by Gasteiger charge is -2.31. The fourth-order valence-corrected chi connectivity index (χ4v) is 2.91. The third kappa shape index (κ3) is 6.95. The number of ether oxygens (including phenoxy) is 1. The van der Waals surface area contributed by atoms with Crippen LogP contribution in [0.2, 0.25) is 0 Å². The third-order valence-corrected chi connectivity index (χ3v) is 4.12. The number of hydrogen-bond acceptors (Lipinski definition) is 3. The van der Waals surface area contributed by atoms with Crippen LogP contribution in [0.25, 0.3) is 0 Å². The average molecular weight is 269 g/mol. The van der Waals surface area contributed by atoms with E-state index in [0.717, 1.165) is 32.5 Å². The number of unbranched alkanes of at least 4 members (excludes halogenated alkanes) is 6. The Kier molecular flexibility index (Phi) is 8.89. The maximum atomic E-state index is 11.5. The SMILES string of the molecule is CCCCCCCCCN1CCC[C@H](C(=O)OC)C1. The summed E-state index contributed by atoms with van der Waals surface area (Å²) >= 11 is 0. The Bertz CT molecular complexity index is 243. The molecule has 1 heterocycles. The van der Waals surface area contributed by atoms with Gasteiger partial charge in [0.15, 0.2) is 0 Å². The standard InChI is InChI=1S/C16H31NO2/c1-3-4-5-6-7-8-9-12-17-13-10-11-15(14-17)16(18)19-2/h15H,3-14H2,1-2H3/t15-/m0/s1. The number of nitrogens with zero attached hydrogens (tertiary/aromatic N) is 1. The lowest BCUT2D eigenvalue weighted by molar-refractivity contribution is -0.147. The van der Waals surface area contributed by atoms with E-state index in [1.807, 2.05) is 0 Å². The van der Waals surface area contributed by atoms with Crippen molar-refractivity contribution in [3.8, 4) is 0 Å². The summed E-state index contributed by atoms with van der Waals surface area (Å²) in [6.45, 7) is 5.47. The van der Waals surface area contributed by atoms with E-state index in [4.69, 9.17) is 4.74 Å². The zero-order chi connectivity index (χ0) is 13.9. The van der Waals surface area contributed by atoms with Gasteiger partial charge in [-0.2, -0.15) is 0 Å². The molecular weight excluding hydrogens is 238 g/mol. The van der Waals surface area contributed by atoms with E-state index in [2.05, 4.69) is 11.8 Å². The minimum atomic E-state index is -0.0238. The van der Waals surface area contributed by atoms with Crippen molar-refractivity contribution in [3.05, 3.63) is 0 Å². The highest BCUT2D eigenvalue weighted by Gasteiger charge is 2.25. The highest BCUT2D eigenvalue weighted by Crippen LogP contribution is 2.18. The Balaban J connectivity index is 2.04. The molecule has 0 aliphatic carbocycles. The fourth-order valence-electron chi connectivity index (χ4n) is 2.91. The molecule has 112 valence electrons. The second-order valence-electron chi connectivity index (χ2n) is 5.78. The Labute approximate surface area is 118 Å². The van der Waals surface area contributed by atoms with E-state index in [1.165, 1.54) is 52.1 Å². The fraction of sp³-hybridized carbons (Fsp3) is 0.938. The molecule has 1 rings (SSSR count). The summed E-state index contributed by atoms with van der Waals surface area (Å²) in [4.78, 5) is 14.0. The monoisotopic (exact) mass is 269 g/mol. The number of carbonyl (C=O) groups excluding carboxylic acids is 1. The molecule has 0 saturated carbocycles. The van der Waals surface area contributed by atoms with Crippen LogP contribution in [0.3, 0.4) is 0 Å². The first kappa shape index (κ1) is 16.5. The molecule has 1 aliphatic rings. The van der Waals surface area contributed by atoms with Crippen molar-refractivity contribution in [1.29, 1.82) is 0 Å². The average Bonchev–Trinajstić information content (AvgIpc) is 2.46. The molecule has 0 unspecified atom stereocenters. The summed E-state index contributed by atoms with van der Waals surface area (Å²) in [7, 11) is 1.50. The van der Waals surface area contributed by atoms with Crippen LogP contribution in [0.5, 0.6) is 0 Å². The summed E-state index contributed by atoms with van der Waals surface area (Å²) < 4.78 is 4.85. The molecule has 3 nitrogen and oxygen atoms in total. The van der Waals surface area contributed by atoms with E-state index < -0.39 is 0 Å². The van der Waals surface area contributed by atoms with Gasteiger partial charge in [-0.3, -0.25) is 4.79 Å². The van der Waals surface area contributed by atoms with Crippen molar-refractivity contribution in [1.82, 2.24) is 4.90 Å². The molecule has 0 aromatic carbocycles. The summed E-state index contributed by atoms with van der Waals surface area (Å²) in [6.07, 6.45) is 11.6. The van der Waals surface area contributed by atoms with Crippen molar-refractivity contribution >= 4 is 5.97 Å². The molecule has 3 heteroatoms. The minimum absolute atomic E-state index is 0.0238. The first-order valence-electron chi connectivity index (χ1n) is 8.08. The molecular formula is C16H31NO2. The van der Waals surface area contributed by atoms with Gasteiger partial charge in [-0.25, -0.2) is 0 Å². The number of esters is 1. The topological polar surface area (TPSA) is 29.5 Å². The zero-order valence-electron chi connectivity index (χ0n) is 12.8. The van der Waals surface area contributed by atoms with Crippen molar-refractivity contribution in [3.63, 3.8) is 0 Å². The van der Waals surface area contributed by atoms with Crippen molar-refractivity contribution in [2.24, 2.45) is 5.92 Å². The van der Waals surface area contributed by atoms with Gasteiger partial charge in [0.05, 0.1) is 13.0 Å². The molecule has 0 radical (unpaired) electrons. The molecule has 0 aromatic rings. The van der Waals surface area contributed by atoms with E-state index in [-0.39, 0.29) is 11.9 Å². The van der Waals surface area contributed by atoms with Crippen LogP contribution in [0.1, 0.15) is 64.7 Å². The van der Waals surface area contributed by atoms with Gasteiger partial charge in [0.2, 0.25) is 0 Å². The Morgan fingerprint density at radius 1 is 1.16 bits per heavy atom. The molecule has 1 atom stereocenters. The number of piperidine rings is 1. The van der Waals surface area contributed by atoms with Gasteiger partial charge < -0.3 is 9.64 Å². The van der Waals surface area contributed by atoms with Crippen LogP contribution in [-0.4, -0.2) is 37.6 Å². The van der Waals surface area contributed by atoms with Crippen LogP contribution in [0.15, 0.2) is 0 Å². The van der Waals surface area contributed by atoms with Gasteiger partial charge in [0.25, 0.3) is 0 Å². The zero-order valence-corrected chi connectivity index (χ0v) is 12.8. The smallest absolute Gasteiger partial charge is 0.309 e. The summed E-state index contributed by atoms with van der Waals surface area (Å²) in [5, 5.41) is 0. The van der Waals surface area contributed by atoms with Crippen molar-refractivity contribution in [2.45, 2.75) is 64.7 Å². The van der Waals surface area contributed by atoms with Gasteiger partial charge in [0.1, 0.15) is 0 Å². The first-order valence-corrected chi connectivity index (χ1v) is 8.08. The number of carbonyl (C=O) groups is 1. The van der Waals surface area contributed by atoms with Crippen LogP contribution >= 0.6 is 0 Å². The number of methoxy groups -OCH3 is 1. The minimum Gasteiger partial charge on any atom is -0.469 e. The van der Waals surface area contributed by atoms with E-state index in [1.54, 1.807) is 0 Å². The number of rotatable bonds is 9. The lowest BCUT2D eigenvalue weighted by Crippen LogP contribution is -2.39. The Hall–Kier alpha value is -0.570. The van der Waals surface area contributed by atoms with Gasteiger partial charge in [-0.05, 0) is 32.4 Å². The largest absolute Gasteiger partial charge is 0.469 e. The first-order chi connectivity index (χ1) is 9.27. The normalized spacial score (nSPS) is 20.4. The Morgan fingerprint density at radius 2 is 1.84 bits per heavy atom. The van der Waals surface area contributed by atoms with E-state index >= 15 is 0 Å². The highest BCUT2D eigenvalue weighted by molar-refractivity contribution is 5.72. The van der Waals surface area contributed by atoms with Gasteiger partial charge in [0, 0.05) is 6.54 Å². The predicted octanol–water partition coefficient (Wildman–Crippen LogP) is 3.62. The van der Waals surface area contributed by atoms with E-state index in [9.17, 15) is 4.79 Å². The summed E-state index contributed by atoms with van der Waals surface area (Å²) in [6, 6.07) is 0. The lowest BCUT2D eigenvalue weighted by atomic mass is 9.98. The predicted molar refractivity (Wildman–Crippen MR) is 79.2 cm³/mol. The van der Waals surface area contributed by atoms with Gasteiger partial charge in [-0.15, -0.1) is 0 Å². The van der Waals surface area contributed by atoms with Crippen LogP contribution in [0.4, 0.5) is 0 Å². The summed E-state index contributed by atoms with van der Waals surface area (Å²) in [5.74, 6) is 0.0903. The van der Waals surface area contributed by atoms with Crippen LogP contribution in [0, 0.1) is 5.92 Å². The van der Waals surface area contributed by atoms with Crippen molar-refractivity contribution in [2.75, 3.05) is 26.7 Å². The molecule has 0 aromatic heterocycles. The van der Waals surface area contributed by atoms with Gasteiger partial charge >= 0.3 is 5.97 Å². The van der Waals surface area contributed by atoms with Gasteiger partial charge in [-0.1, -0.05) is 45.4 Å². The molecule has 0 bridgehead atoms. The third-order valence-electron chi connectivity index (χ3n) is 4.12. The molecule has 1 saturated heterocycles. The maximum Gasteiger partial charge on any atom is 0.309 e. The maximum absolute atomic E-state index is 11.5. The quantitative estimate of drug-likeness (QED) is 0.473. The Morgan fingerprint density at radius 3 is 2.53 bits per heavy atom. The molecule has 0 spiro atoms. The highest BCUT2D eigenvalue weighted by atomic mass is 16.5. The van der Waals surface area contributed by atoms with Crippen LogP contribution in [-0.2, 0) is 9.53 Å². The molecule has 19 heavy (non-hydrogen) atoms. The molecule has 0 N–H and O–H groups in total. The summed E-state index contributed by atoms with van der Waals surface area (Å²) in [5.41, 5.74) is 0. The van der Waals surface area contributed by atoms with E-state index in [0.29, 0.717) is 0 Å². The number of likely N-dealkylation sites (tertiary alicyclic amines) is 1. The molecule has 1 fully saturated rings. The van der Waals surface area contributed by atoms with Crippen molar-refractivity contribution < 1.29 is 9.53 Å². The molecule has 0 amide bonds. The number of hydrogen-bond donors (Lipinski definition) is 0. The second-order valence-corrected chi connectivity index (χ2v) is 5.78. The molecule has 1 aliphatic heterocycles. The second kappa shape index (κ2) is 10.2.